The summed E-state index contributed by atoms with van der Waals surface area (Å²) >= 11 is 0. The summed E-state index contributed by atoms with van der Waals surface area (Å²) in [7, 11) is 0. The minimum Gasteiger partial charge on any atom is -0.394 e. The molecule has 0 spiro atoms. The van der Waals surface area contributed by atoms with E-state index in [1.807, 2.05) is 0 Å². The number of non-ortho nitro benzene ring substituents is 1. The number of carbonyl (C=O) groups excluding carboxylic acids is 1. The number of nitro benzene ring substituents is 1. The van der Waals surface area contributed by atoms with E-state index >= 15 is 0 Å². The monoisotopic (exact) mass is 342 g/mol. The predicted octanol–water partition coefficient (Wildman–Crippen LogP) is -1.64. The lowest BCUT2D eigenvalue weighted by atomic mass is 9.77. The van der Waals surface area contributed by atoms with Gasteiger partial charge in [0.05, 0.1) is 11.5 Å². The molecule has 24 heavy (non-hydrogen) atoms. The van der Waals surface area contributed by atoms with Gasteiger partial charge >= 0.3 is 0 Å². The van der Waals surface area contributed by atoms with Gasteiger partial charge in [0.15, 0.2) is 6.29 Å². The van der Waals surface area contributed by atoms with Crippen molar-refractivity contribution in [1.82, 2.24) is 5.32 Å². The Morgan fingerprint density at radius 1 is 1.38 bits per heavy atom. The van der Waals surface area contributed by atoms with Crippen molar-refractivity contribution in [3.8, 4) is 0 Å². The van der Waals surface area contributed by atoms with Crippen LogP contribution in [0.15, 0.2) is 24.3 Å². The van der Waals surface area contributed by atoms with Crippen molar-refractivity contribution in [2.75, 3.05) is 6.61 Å². The molecule has 0 saturated carbocycles. The van der Waals surface area contributed by atoms with Crippen molar-refractivity contribution in [3.63, 3.8) is 0 Å². The number of carbonyl (C=O) groups is 1. The van der Waals surface area contributed by atoms with E-state index in [-0.39, 0.29) is 11.3 Å². The molecule has 1 aromatic rings. The van der Waals surface area contributed by atoms with Gasteiger partial charge in [-0.2, -0.15) is 0 Å². The zero-order chi connectivity index (χ0) is 18.1. The van der Waals surface area contributed by atoms with Crippen molar-refractivity contribution in [1.29, 1.82) is 0 Å². The molecule has 1 aromatic carbocycles. The largest absolute Gasteiger partial charge is 0.394 e. The maximum atomic E-state index is 11.2. The highest BCUT2D eigenvalue weighted by Crippen LogP contribution is 2.38. The third kappa shape index (κ3) is 3.09. The Kier molecular flexibility index (Phi) is 5.16. The van der Waals surface area contributed by atoms with Gasteiger partial charge in [-0.3, -0.25) is 14.9 Å². The third-order valence-corrected chi connectivity index (χ3v) is 3.97. The molecule has 132 valence electrons. The Balaban J connectivity index is 2.44. The fraction of sp³-hybridized carbons (Fsp3) is 0.500. The number of benzene rings is 1. The smallest absolute Gasteiger partial charge is 0.269 e. The van der Waals surface area contributed by atoms with Gasteiger partial charge in [0.1, 0.15) is 23.9 Å². The molecule has 0 aromatic heterocycles. The summed E-state index contributed by atoms with van der Waals surface area (Å²) in [4.78, 5) is 21.3. The average Bonchev–Trinajstić information content (AvgIpc) is 2.54. The molecule has 1 heterocycles. The topological polar surface area (TPSA) is 162 Å². The number of nitro groups is 1. The van der Waals surface area contributed by atoms with Crippen LogP contribution in [0, 0.1) is 10.1 Å². The van der Waals surface area contributed by atoms with Crippen LogP contribution in [0.2, 0.25) is 0 Å². The first-order chi connectivity index (χ1) is 11.2. The quantitative estimate of drug-likeness (QED) is 0.321. The second-order valence-electron chi connectivity index (χ2n) is 5.50. The Labute approximate surface area is 136 Å². The van der Waals surface area contributed by atoms with Gasteiger partial charge in [0.2, 0.25) is 5.91 Å². The molecule has 10 nitrogen and oxygen atoms in total. The van der Waals surface area contributed by atoms with E-state index in [1.54, 1.807) is 0 Å². The molecule has 0 bridgehead atoms. The van der Waals surface area contributed by atoms with Crippen LogP contribution in [0.3, 0.4) is 0 Å². The van der Waals surface area contributed by atoms with Crippen molar-refractivity contribution in [2.45, 2.75) is 37.1 Å². The summed E-state index contributed by atoms with van der Waals surface area (Å²) in [5, 5.41) is 53.7. The first-order valence-electron chi connectivity index (χ1n) is 7.08. The number of hydrogen-bond donors (Lipinski definition) is 5. The van der Waals surface area contributed by atoms with E-state index < -0.39 is 47.6 Å². The van der Waals surface area contributed by atoms with Gasteiger partial charge in [0, 0.05) is 19.1 Å². The molecule has 1 aliphatic heterocycles. The standard InChI is InChI=1S/C14H18N2O8/c1-7(18)15-11-12(19)14(21,10(6-17)24-13(11)20)8-2-4-9(5-3-8)16(22)23/h2-5,10-13,17,19-21H,6H2,1H3,(H,15,18)/t10-,11-,12-,13-,14-/m1/s1. The molecule has 10 heteroatoms. The lowest BCUT2D eigenvalue weighted by molar-refractivity contribution is -0.384. The summed E-state index contributed by atoms with van der Waals surface area (Å²) in [6.45, 7) is 0.414. The molecular formula is C14H18N2O8. The second-order valence-corrected chi connectivity index (χ2v) is 5.50. The lowest BCUT2D eigenvalue weighted by Gasteiger charge is -2.48. The number of hydrogen-bond acceptors (Lipinski definition) is 8. The molecule has 0 radical (unpaired) electrons. The highest BCUT2D eigenvalue weighted by molar-refractivity contribution is 5.73. The normalized spacial score (nSPS) is 33.0. The van der Waals surface area contributed by atoms with Crippen LogP contribution in [0.1, 0.15) is 12.5 Å². The summed E-state index contributed by atoms with van der Waals surface area (Å²) in [5.74, 6) is -0.574. The SMILES string of the molecule is CC(=O)N[C@H]1[C@H](O)O[C@H](CO)[C@](O)(c2ccc([N+](=O)[O-])cc2)[C@@H]1O. The van der Waals surface area contributed by atoms with Gasteiger partial charge in [-0.05, 0) is 17.7 Å². The zero-order valence-corrected chi connectivity index (χ0v) is 12.7. The first kappa shape index (κ1) is 18.2. The number of rotatable bonds is 4. The van der Waals surface area contributed by atoms with Crippen molar-refractivity contribution < 1.29 is 34.9 Å². The number of nitrogens with zero attached hydrogens (tertiary/aromatic N) is 1. The minimum atomic E-state index is -2.20. The van der Waals surface area contributed by atoms with Crippen LogP contribution in [-0.4, -0.2) is 62.4 Å². The molecule has 1 aliphatic rings. The van der Waals surface area contributed by atoms with E-state index in [0.29, 0.717) is 0 Å². The van der Waals surface area contributed by atoms with Crippen LogP contribution in [0.4, 0.5) is 5.69 Å². The number of ether oxygens (including phenoxy) is 1. The zero-order valence-electron chi connectivity index (χ0n) is 12.7. The first-order valence-corrected chi connectivity index (χ1v) is 7.08. The molecule has 1 fully saturated rings. The maximum Gasteiger partial charge on any atom is 0.269 e. The van der Waals surface area contributed by atoms with Gasteiger partial charge in [-0.1, -0.05) is 0 Å². The summed E-state index contributed by atoms with van der Waals surface area (Å²) in [6.07, 6.45) is -4.79. The van der Waals surface area contributed by atoms with Crippen LogP contribution in [-0.2, 0) is 15.1 Å². The van der Waals surface area contributed by atoms with Crippen LogP contribution >= 0.6 is 0 Å². The van der Waals surface area contributed by atoms with Gasteiger partial charge in [0.25, 0.3) is 5.69 Å². The lowest BCUT2D eigenvalue weighted by Crippen LogP contribution is -2.68. The number of aliphatic hydroxyl groups is 4. The minimum absolute atomic E-state index is 0.0295. The van der Waals surface area contributed by atoms with E-state index in [1.165, 1.54) is 12.1 Å². The average molecular weight is 342 g/mol. The number of amides is 1. The molecule has 1 saturated heterocycles. The Hall–Kier alpha value is -2.11. The number of aliphatic hydroxyl groups excluding tert-OH is 3. The van der Waals surface area contributed by atoms with E-state index in [0.717, 1.165) is 19.1 Å². The predicted molar refractivity (Wildman–Crippen MR) is 78.6 cm³/mol. The molecule has 5 N–H and O–H groups in total. The Morgan fingerprint density at radius 2 is 1.96 bits per heavy atom. The van der Waals surface area contributed by atoms with Crippen LogP contribution in [0.25, 0.3) is 0 Å². The fourth-order valence-electron chi connectivity index (χ4n) is 2.75. The van der Waals surface area contributed by atoms with Gasteiger partial charge < -0.3 is 30.5 Å². The summed E-state index contributed by atoms with van der Waals surface area (Å²) in [6, 6.07) is 3.29. The number of nitrogens with one attached hydrogen (secondary N) is 1. The molecular weight excluding hydrogens is 324 g/mol. The molecule has 0 unspecified atom stereocenters. The molecule has 5 atom stereocenters. The van der Waals surface area contributed by atoms with Crippen molar-refractivity contribution in [2.24, 2.45) is 0 Å². The maximum absolute atomic E-state index is 11.2. The van der Waals surface area contributed by atoms with Crippen LogP contribution in [0.5, 0.6) is 0 Å². The molecule has 2 rings (SSSR count). The summed E-state index contributed by atoms with van der Waals surface area (Å²) < 4.78 is 5.11. The van der Waals surface area contributed by atoms with Gasteiger partial charge in [-0.15, -0.1) is 0 Å². The van der Waals surface area contributed by atoms with Crippen LogP contribution < -0.4 is 5.32 Å². The Bertz CT molecular complexity index is 622. The molecule has 1 amide bonds. The summed E-state index contributed by atoms with van der Waals surface area (Å²) in [5.41, 5.74) is -2.40. The highest BCUT2D eigenvalue weighted by atomic mass is 16.6. The highest BCUT2D eigenvalue weighted by Gasteiger charge is 2.55. The van der Waals surface area contributed by atoms with Gasteiger partial charge in [-0.25, -0.2) is 0 Å². The molecule has 0 aliphatic carbocycles. The second kappa shape index (κ2) is 6.79. The van der Waals surface area contributed by atoms with E-state index in [2.05, 4.69) is 5.32 Å². The van der Waals surface area contributed by atoms with E-state index in [9.17, 15) is 35.3 Å². The fourth-order valence-corrected chi connectivity index (χ4v) is 2.75. The third-order valence-electron chi connectivity index (χ3n) is 3.97. The van der Waals surface area contributed by atoms with Crippen molar-refractivity contribution >= 4 is 11.6 Å². The Morgan fingerprint density at radius 3 is 2.42 bits per heavy atom. The van der Waals surface area contributed by atoms with Crippen molar-refractivity contribution in [3.05, 3.63) is 39.9 Å². The van der Waals surface area contributed by atoms with E-state index in [4.69, 9.17) is 4.74 Å².